The van der Waals surface area contributed by atoms with Crippen LogP contribution in [-0.2, 0) is 0 Å². The van der Waals surface area contributed by atoms with Gasteiger partial charge in [-0.05, 0) is 5.56 Å². The maximum Gasteiger partial charge on any atom is 0.162 e. The van der Waals surface area contributed by atoms with Crippen LogP contribution < -0.4 is 0 Å². The molecule has 0 aliphatic heterocycles. The molecule has 0 spiro atoms. The van der Waals surface area contributed by atoms with Crippen molar-refractivity contribution in [2.45, 2.75) is 0 Å². The van der Waals surface area contributed by atoms with Gasteiger partial charge in [0.25, 0.3) is 0 Å². The zero-order valence-corrected chi connectivity index (χ0v) is 11.1. The number of benzene rings is 1. The fraction of sp³-hybridized carbons (Fsp3) is 0. The highest BCUT2D eigenvalue weighted by Gasteiger charge is 2.09. The summed E-state index contributed by atoms with van der Waals surface area (Å²) in [5.41, 5.74) is 4.62. The van der Waals surface area contributed by atoms with Gasteiger partial charge in [0, 0.05) is 35.9 Å². The molecule has 0 saturated carbocycles. The lowest BCUT2D eigenvalue weighted by atomic mass is 10.1. The predicted octanol–water partition coefficient (Wildman–Crippen LogP) is 2.85. The summed E-state index contributed by atoms with van der Waals surface area (Å²) in [6, 6.07) is 10.1. The molecule has 3 aromatic heterocycles. The minimum atomic E-state index is 0.781. The molecule has 0 bridgehead atoms. The lowest BCUT2D eigenvalue weighted by Gasteiger charge is -2.01. The third kappa shape index (κ3) is 2.04. The van der Waals surface area contributed by atoms with Gasteiger partial charge in [0.15, 0.2) is 5.65 Å². The molecular weight excluding hydrogens is 262 g/mol. The lowest BCUT2D eigenvalue weighted by molar-refractivity contribution is 0.939. The molecule has 21 heavy (non-hydrogen) atoms. The monoisotopic (exact) mass is 273 g/mol. The highest BCUT2D eigenvalue weighted by molar-refractivity contribution is 5.77. The average Bonchev–Trinajstić information content (AvgIpc) is 2.99. The normalized spacial score (nSPS) is 10.9. The predicted molar refractivity (Wildman–Crippen MR) is 79.4 cm³/mol. The van der Waals surface area contributed by atoms with Crippen molar-refractivity contribution in [2.75, 3.05) is 0 Å². The Kier molecular flexibility index (Phi) is 2.67. The molecular formula is C16H11N5. The molecule has 4 aromatic rings. The van der Waals surface area contributed by atoms with E-state index in [0.29, 0.717) is 0 Å². The van der Waals surface area contributed by atoms with Gasteiger partial charge in [0.1, 0.15) is 0 Å². The van der Waals surface area contributed by atoms with Crippen LogP contribution in [0.25, 0.3) is 28.0 Å². The first-order valence-electron chi connectivity index (χ1n) is 6.57. The van der Waals surface area contributed by atoms with Crippen LogP contribution >= 0.6 is 0 Å². The molecule has 0 aliphatic carbocycles. The smallest absolute Gasteiger partial charge is 0.162 e. The van der Waals surface area contributed by atoms with Crippen LogP contribution in [0.4, 0.5) is 0 Å². The minimum absolute atomic E-state index is 0.781. The molecule has 5 heteroatoms. The molecule has 100 valence electrons. The molecule has 0 radical (unpaired) electrons. The molecule has 3 heterocycles. The summed E-state index contributed by atoms with van der Waals surface area (Å²) in [6.07, 6.45) is 10.6. The van der Waals surface area contributed by atoms with Crippen LogP contribution in [0.15, 0.2) is 67.5 Å². The molecule has 0 fully saturated rings. The van der Waals surface area contributed by atoms with Gasteiger partial charge in [0.2, 0.25) is 0 Å². The summed E-state index contributed by atoms with van der Waals surface area (Å²) in [5, 5.41) is 4.39. The summed E-state index contributed by atoms with van der Waals surface area (Å²) in [4.78, 5) is 12.9. The minimum Gasteiger partial charge on any atom is -0.261 e. The first kappa shape index (κ1) is 11.7. The zero-order chi connectivity index (χ0) is 14.1. The molecule has 0 saturated heterocycles. The van der Waals surface area contributed by atoms with E-state index in [-0.39, 0.29) is 0 Å². The molecule has 0 aliphatic rings. The molecule has 5 nitrogen and oxygen atoms in total. The fourth-order valence-corrected chi connectivity index (χ4v) is 2.28. The second-order valence-electron chi connectivity index (χ2n) is 4.63. The van der Waals surface area contributed by atoms with Crippen molar-refractivity contribution in [1.29, 1.82) is 0 Å². The van der Waals surface area contributed by atoms with Crippen LogP contribution in [0.3, 0.4) is 0 Å². The average molecular weight is 273 g/mol. The van der Waals surface area contributed by atoms with E-state index in [1.54, 1.807) is 29.3 Å². The molecule has 0 amide bonds. The van der Waals surface area contributed by atoms with Crippen molar-refractivity contribution in [3.63, 3.8) is 0 Å². The molecule has 4 rings (SSSR count). The zero-order valence-electron chi connectivity index (χ0n) is 11.1. The van der Waals surface area contributed by atoms with Gasteiger partial charge in [-0.25, -0.2) is 9.50 Å². The van der Waals surface area contributed by atoms with Gasteiger partial charge in [-0.1, -0.05) is 30.3 Å². The van der Waals surface area contributed by atoms with Gasteiger partial charge in [-0.15, -0.1) is 0 Å². The molecule has 0 unspecified atom stereocenters. The van der Waals surface area contributed by atoms with Crippen LogP contribution in [0.1, 0.15) is 0 Å². The van der Waals surface area contributed by atoms with Crippen molar-refractivity contribution in [3.05, 3.63) is 67.5 Å². The van der Waals surface area contributed by atoms with Crippen molar-refractivity contribution in [1.82, 2.24) is 24.6 Å². The van der Waals surface area contributed by atoms with Crippen molar-refractivity contribution in [2.24, 2.45) is 0 Å². The van der Waals surface area contributed by atoms with E-state index in [0.717, 1.165) is 28.0 Å². The number of rotatable bonds is 2. The van der Waals surface area contributed by atoms with Crippen LogP contribution in [0.5, 0.6) is 0 Å². The number of nitrogens with zero attached hydrogens (tertiary/aromatic N) is 5. The van der Waals surface area contributed by atoms with E-state index in [1.807, 2.05) is 30.6 Å². The fourth-order valence-electron chi connectivity index (χ4n) is 2.28. The topological polar surface area (TPSA) is 56.0 Å². The standard InChI is InChI=1S/C16H11N5/c1-2-4-12(5-3-1)14-9-20-21-11-13(8-19-16(14)21)15-10-17-6-7-18-15/h1-11H. The van der Waals surface area contributed by atoms with E-state index in [4.69, 9.17) is 0 Å². The summed E-state index contributed by atoms with van der Waals surface area (Å²) in [5.74, 6) is 0. The summed E-state index contributed by atoms with van der Waals surface area (Å²) < 4.78 is 1.77. The third-order valence-electron chi connectivity index (χ3n) is 3.30. The second-order valence-corrected chi connectivity index (χ2v) is 4.63. The quantitative estimate of drug-likeness (QED) is 0.563. The Bertz CT molecular complexity index is 884. The van der Waals surface area contributed by atoms with E-state index >= 15 is 0 Å². The van der Waals surface area contributed by atoms with Gasteiger partial charge in [-0.2, -0.15) is 5.10 Å². The molecule has 0 atom stereocenters. The number of fused-ring (bicyclic) bond motifs is 1. The van der Waals surface area contributed by atoms with E-state index in [2.05, 4.69) is 32.2 Å². The Balaban J connectivity index is 1.85. The highest BCUT2D eigenvalue weighted by Crippen LogP contribution is 2.24. The molecule has 0 N–H and O–H groups in total. The second kappa shape index (κ2) is 4.79. The maximum absolute atomic E-state index is 4.53. The SMILES string of the molecule is c1ccc(-c2cnn3cc(-c4cnccn4)cnc23)cc1. The van der Waals surface area contributed by atoms with Crippen molar-refractivity contribution < 1.29 is 0 Å². The Morgan fingerprint density at radius 2 is 1.71 bits per heavy atom. The first-order valence-corrected chi connectivity index (χ1v) is 6.57. The number of aromatic nitrogens is 5. The summed E-state index contributed by atoms with van der Waals surface area (Å²) in [7, 11) is 0. The van der Waals surface area contributed by atoms with E-state index in [1.165, 1.54) is 0 Å². The van der Waals surface area contributed by atoms with Crippen molar-refractivity contribution in [3.8, 4) is 22.4 Å². The highest BCUT2D eigenvalue weighted by atomic mass is 15.2. The van der Waals surface area contributed by atoms with Gasteiger partial charge in [-0.3, -0.25) is 9.97 Å². The third-order valence-corrected chi connectivity index (χ3v) is 3.30. The van der Waals surface area contributed by atoms with Crippen LogP contribution in [0.2, 0.25) is 0 Å². The Morgan fingerprint density at radius 1 is 0.810 bits per heavy atom. The Hall–Kier alpha value is -3.08. The Morgan fingerprint density at radius 3 is 2.52 bits per heavy atom. The van der Waals surface area contributed by atoms with E-state index < -0.39 is 0 Å². The first-order chi connectivity index (χ1) is 10.4. The van der Waals surface area contributed by atoms with Crippen LogP contribution in [-0.4, -0.2) is 24.6 Å². The van der Waals surface area contributed by atoms with Gasteiger partial charge < -0.3 is 0 Å². The Labute approximate surface area is 121 Å². The van der Waals surface area contributed by atoms with E-state index in [9.17, 15) is 0 Å². The van der Waals surface area contributed by atoms with Gasteiger partial charge in [0.05, 0.1) is 18.1 Å². The lowest BCUT2D eigenvalue weighted by Crippen LogP contribution is -1.93. The van der Waals surface area contributed by atoms with Gasteiger partial charge >= 0.3 is 0 Å². The summed E-state index contributed by atoms with van der Waals surface area (Å²) in [6.45, 7) is 0. The maximum atomic E-state index is 4.53. The largest absolute Gasteiger partial charge is 0.261 e. The summed E-state index contributed by atoms with van der Waals surface area (Å²) >= 11 is 0. The van der Waals surface area contributed by atoms with Crippen LogP contribution in [0, 0.1) is 0 Å². The number of hydrogen-bond acceptors (Lipinski definition) is 4. The number of hydrogen-bond donors (Lipinski definition) is 0. The van der Waals surface area contributed by atoms with Crippen molar-refractivity contribution >= 4 is 5.65 Å². The molecule has 1 aromatic carbocycles.